The maximum atomic E-state index is 13.5. The van der Waals surface area contributed by atoms with Crippen molar-refractivity contribution >= 4 is 28.8 Å². The summed E-state index contributed by atoms with van der Waals surface area (Å²) in [4.78, 5) is 38.8. The molecule has 1 fully saturated rings. The van der Waals surface area contributed by atoms with Gasteiger partial charge in [-0.3, -0.25) is 4.79 Å². The summed E-state index contributed by atoms with van der Waals surface area (Å²) >= 11 is 0. The zero-order valence-electron chi connectivity index (χ0n) is 22.5. The standard InChI is InChI=1S/C34H28N2O6/c35-19-20-7-6-10-22(15-20)27-17-24(16-23-13-14-41-31(23)27)34(40)42-29-12-5-4-11-25(29)30(33(38)39)36-32(37)28-18-26(28)21-8-2-1-3-9-21/h1-17,26,28,30H,18-19,35H2,(H,36,37)(H,38,39)/t26-,28+,30?/m0/s1. The zero-order valence-corrected chi connectivity index (χ0v) is 22.5. The Kier molecular flexibility index (Phi) is 7.29. The molecule has 210 valence electrons. The Bertz CT molecular complexity index is 1790. The van der Waals surface area contributed by atoms with Gasteiger partial charge in [-0.2, -0.15) is 0 Å². The van der Waals surface area contributed by atoms with Crippen LogP contribution in [0.3, 0.4) is 0 Å². The van der Waals surface area contributed by atoms with Crippen molar-refractivity contribution in [2.75, 3.05) is 0 Å². The minimum absolute atomic E-state index is 0.0459. The molecule has 0 radical (unpaired) electrons. The summed E-state index contributed by atoms with van der Waals surface area (Å²) in [6.07, 6.45) is 2.19. The number of ether oxygens (including phenoxy) is 1. The van der Waals surface area contributed by atoms with Crippen molar-refractivity contribution in [1.82, 2.24) is 5.32 Å². The van der Waals surface area contributed by atoms with E-state index in [0.717, 1.165) is 16.7 Å². The van der Waals surface area contributed by atoms with E-state index in [1.54, 1.807) is 36.6 Å². The van der Waals surface area contributed by atoms with E-state index < -0.39 is 18.0 Å². The molecule has 1 aromatic heterocycles. The number of amides is 1. The molecule has 1 heterocycles. The van der Waals surface area contributed by atoms with E-state index in [0.29, 0.717) is 29.5 Å². The van der Waals surface area contributed by atoms with E-state index >= 15 is 0 Å². The molecular weight excluding hydrogens is 532 g/mol. The number of fused-ring (bicyclic) bond motifs is 1. The third-order valence-corrected chi connectivity index (χ3v) is 7.58. The minimum Gasteiger partial charge on any atom is -0.479 e. The monoisotopic (exact) mass is 560 g/mol. The van der Waals surface area contributed by atoms with Gasteiger partial charge in [0.05, 0.1) is 11.8 Å². The van der Waals surface area contributed by atoms with Gasteiger partial charge in [-0.1, -0.05) is 66.7 Å². The lowest BCUT2D eigenvalue weighted by molar-refractivity contribution is -0.142. The molecule has 8 heteroatoms. The molecule has 4 N–H and O–H groups in total. The number of nitrogens with two attached hydrogens (primary N) is 1. The topological polar surface area (TPSA) is 132 Å². The summed E-state index contributed by atoms with van der Waals surface area (Å²) < 4.78 is 11.5. The van der Waals surface area contributed by atoms with Gasteiger partial charge >= 0.3 is 11.9 Å². The fourth-order valence-corrected chi connectivity index (χ4v) is 5.33. The number of benzene rings is 4. The quantitative estimate of drug-likeness (QED) is 0.153. The number of carbonyl (C=O) groups is 3. The number of nitrogens with one attached hydrogen (secondary N) is 1. The number of rotatable bonds is 9. The van der Waals surface area contributed by atoms with E-state index in [-0.39, 0.29) is 34.6 Å². The second-order valence-corrected chi connectivity index (χ2v) is 10.3. The van der Waals surface area contributed by atoms with Crippen molar-refractivity contribution in [1.29, 1.82) is 0 Å². The van der Waals surface area contributed by atoms with Crippen LogP contribution in [0.5, 0.6) is 5.75 Å². The first kappa shape index (κ1) is 27.0. The summed E-state index contributed by atoms with van der Waals surface area (Å²) in [7, 11) is 0. The third kappa shape index (κ3) is 5.40. The average molecular weight is 561 g/mol. The zero-order chi connectivity index (χ0) is 29.2. The molecule has 0 aliphatic heterocycles. The Morgan fingerprint density at radius 2 is 1.74 bits per heavy atom. The Balaban J connectivity index is 1.26. The number of carbonyl (C=O) groups excluding carboxylic acids is 2. The van der Waals surface area contributed by atoms with Gasteiger partial charge < -0.3 is 25.3 Å². The highest BCUT2D eigenvalue weighted by molar-refractivity contribution is 6.01. The first-order valence-electron chi connectivity index (χ1n) is 13.6. The maximum Gasteiger partial charge on any atom is 0.343 e. The number of aliphatic carboxylic acids is 1. The van der Waals surface area contributed by atoms with Crippen LogP contribution in [0, 0.1) is 5.92 Å². The summed E-state index contributed by atoms with van der Waals surface area (Å²) in [5, 5.41) is 13.4. The lowest BCUT2D eigenvalue weighted by atomic mass is 9.98. The molecule has 1 aliphatic rings. The van der Waals surface area contributed by atoms with Crippen LogP contribution < -0.4 is 15.8 Å². The van der Waals surface area contributed by atoms with Gasteiger partial charge in [0, 0.05) is 29.0 Å². The number of furan rings is 1. The van der Waals surface area contributed by atoms with Gasteiger partial charge in [-0.25, -0.2) is 9.59 Å². The second kappa shape index (κ2) is 11.3. The number of hydrogen-bond donors (Lipinski definition) is 3. The normalized spacial score (nSPS) is 16.5. The number of carboxylic acid groups (broad SMARTS) is 1. The predicted octanol–water partition coefficient (Wildman–Crippen LogP) is 5.82. The Morgan fingerprint density at radius 1 is 0.952 bits per heavy atom. The molecule has 0 spiro atoms. The molecule has 8 nitrogen and oxygen atoms in total. The highest BCUT2D eigenvalue weighted by Crippen LogP contribution is 2.47. The van der Waals surface area contributed by atoms with Gasteiger partial charge in [0.2, 0.25) is 5.91 Å². The molecule has 0 bridgehead atoms. The third-order valence-electron chi connectivity index (χ3n) is 7.58. The number of para-hydroxylation sites is 1. The fraction of sp³-hybridized carbons (Fsp3) is 0.147. The van der Waals surface area contributed by atoms with Crippen LogP contribution in [-0.2, 0) is 16.1 Å². The molecule has 0 saturated heterocycles. The lowest BCUT2D eigenvalue weighted by Gasteiger charge is -2.18. The van der Waals surface area contributed by atoms with Gasteiger partial charge in [0.25, 0.3) is 0 Å². The Labute approximate surface area is 241 Å². The molecule has 5 aromatic rings. The van der Waals surface area contributed by atoms with Crippen molar-refractivity contribution in [2.45, 2.75) is 24.9 Å². The van der Waals surface area contributed by atoms with Gasteiger partial charge in [0.1, 0.15) is 11.3 Å². The smallest absolute Gasteiger partial charge is 0.343 e. The van der Waals surface area contributed by atoms with E-state index in [9.17, 15) is 19.5 Å². The molecule has 42 heavy (non-hydrogen) atoms. The molecule has 1 aliphatic carbocycles. The first-order valence-corrected chi connectivity index (χ1v) is 13.6. The molecule has 1 amide bonds. The number of hydrogen-bond acceptors (Lipinski definition) is 6. The van der Waals surface area contributed by atoms with Crippen molar-refractivity contribution < 1.29 is 28.6 Å². The van der Waals surface area contributed by atoms with Crippen molar-refractivity contribution in [3.8, 4) is 16.9 Å². The number of carboxylic acids is 1. The summed E-state index contributed by atoms with van der Waals surface area (Å²) in [5.41, 5.74) is 10.4. The summed E-state index contributed by atoms with van der Waals surface area (Å²) in [6, 6.07) is 27.3. The molecule has 4 aromatic carbocycles. The van der Waals surface area contributed by atoms with E-state index in [1.807, 2.05) is 54.6 Å². The minimum atomic E-state index is -1.40. The molecule has 1 unspecified atom stereocenters. The van der Waals surface area contributed by atoms with Crippen LogP contribution in [0.1, 0.15) is 45.4 Å². The summed E-state index contributed by atoms with van der Waals surface area (Å²) in [5.74, 6) is -2.51. The van der Waals surface area contributed by atoms with Gasteiger partial charge in [-0.05, 0) is 59.4 Å². The SMILES string of the molecule is NCc1cccc(-c2cc(C(=O)Oc3ccccc3C(NC(=O)[C@@H]3C[C@H]3c3ccccc3)C(=O)O)cc3ccoc23)c1. The van der Waals surface area contributed by atoms with Crippen LogP contribution in [0.2, 0.25) is 0 Å². The second-order valence-electron chi connectivity index (χ2n) is 10.3. The summed E-state index contributed by atoms with van der Waals surface area (Å²) in [6.45, 7) is 0.364. The van der Waals surface area contributed by atoms with Crippen LogP contribution in [0.4, 0.5) is 0 Å². The molecule has 1 saturated carbocycles. The van der Waals surface area contributed by atoms with E-state index in [1.165, 1.54) is 12.1 Å². The fourth-order valence-electron chi connectivity index (χ4n) is 5.33. The highest BCUT2D eigenvalue weighted by atomic mass is 16.5. The largest absolute Gasteiger partial charge is 0.479 e. The van der Waals surface area contributed by atoms with Crippen molar-refractivity contribution in [3.63, 3.8) is 0 Å². The van der Waals surface area contributed by atoms with Crippen molar-refractivity contribution in [2.24, 2.45) is 11.7 Å². The van der Waals surface area contributed by atoms with Crippen LogP contribution in [-0.4, -0.2) is 23.0 Å². The van der Waals surface area contributed by atoms with Crippen molar-refractivity contribution in [3.05, 3.63) is 126 Å². The molecule has 6 rings (SSSR count). The van der Waals surface area contributed by atoms with Crippen LogP contribution in [0.15, 0.2) is 108 Å². The lowest BCUT2D eigenvalue weighted by Crippen LogP contribution is -2.35. The highest BCUT2D eigenvalue weighted by Gasteiger charge is 2.45. The Morgan fingerprint density at radius 3 is 2.52 bits per heavy atom. The molecular formula is C34H28N2O6. The van der Waals surface area contributed by atoms with E-state index in [2.05, 4.69) is 5.32 Å². The average Bonchev–Trinajstić information content (AvgIpc) is 3.68. The molecule has 3 atom stereocenters. The van der Waals surface area contributed by atoms with Crippen LogP contribution in [0.25, 0.3) is 22.1 Å². The van der Waals surface area contributed by atoms with E-state index in [4.69, 9.17) is 14.9 Å². The predicted molar refractivity (Wildman–Crippen MR) is 157 cm³/mol. The maximum absolute atomic E-state index is 13.5. The Hall–Kier alpha value is -5.21. The van der Waals surface area contributed by atoms with Gasteiger partial charge in [-0.15, -0.1) is 0 Å². The van der Waals surface area contributed by atoms with Crippen LogP contribution >= 0.6 is 0 Å². The number of esters is 1. The van der Waals surface area contributed by atoms with Gasteiger partial charge in [0.15, 0.2) is 6.04 Å². The first-order chi connectivity index (χ1) is 20.4.